The Labute approximate surface area is 102 Å². The highest BCUT2D eigenvalue weighted by Gasteiger charge is 2.10. The Bertz CT molecular complexity index is 665. The molecule has 2 aromatic carbocycles. The van der Waals surface area contributed by atoms with E-state index < -0.39 is 0 Å². The average Bonchev–Trinajstić information content (AvgIpc) is 2.48. The van der Waals surface area contributed by atoms with Gasteiger partial charge in [-0.15, -0.1) is 0 Å². The van der Waals surface area contributed by atoms with Gasteiger partial charge in [0.2, 0.25) is 0 Å². The van der Waals surface area contributed by atoms with Gasteiger partial charge in [0.05, 0.1) is 11.0 Å². The van der Waals surface area contributed by atoms with Crippen LogP contribution in [0.3, 0.4) is 0 Å². The molecule has 18 heavy (non-hydrogen) atoms. The minimum Gasteiger partial charge on any atom is -0.252 e. The molecule has 2 aromatic heterocycles. The maximum Gasteiger partial charge on any atom is 0.117 e. The second-order valence-electron chi connectivity index (χ2n) is 4.05. The topological polar surface area (TPSA) is 51.6 Å². The summed E-state index contributed by atoms with van der Waals surface area (Å²) in [4.78, 5) is 17.6. The molecule has 4 heteroatoms. The zero-order valence-corrected chi connectivity index (χ0v) is 9.41. The molecule has 4 nitrogen and oxygen atoms in total. The molecule has 4 rings (SSSR count). The van der Waals surface area contributed by atoms with E-state index in [4.69, 9.17) is 0 Å². The van der Waals surface area contributed by atoms with Crippen molar-refractivity contribution in [3.8, 4) is 0 Å². The summed E-state index contributed by atoms with van der Waals surface area (Å²) in [6.45, 7) is 0. The number of benzene rings is 2. The van der Waals surface area contributed by atoms with Crippen LogP contribution in [-0.2, 0) is 0 Å². The molecule has 0 aliphatic heterocycles. The minimum absolute atomic E-state index is 0.805. The SMILES string of the molecule is c1ccc2c(c1)c1nccnc1c1nccnc21. The standard InChI is InChI=1S/C14H8N4/c1-2-4-10-9(3-1)11-13(17-7-5-15-11)14-12(10)16-6-8-18-14/h1-8H. The first-order valence-electron chi connectivity index (χ1n) is 5.67. The molecule has 0 fully saturated rings. The fourth-order valence-electron chi connectivity index (χ4n) is 2.31. The molecule has 0 N–H and O–H groups in total. The second kappa shape index (κ2) is 3.43. The minimum atomic E-state index is 0.805. The fourth-order valence-corrected chi connectivity index (χ4v) is 2.31. The van der Waals surface area contributed by atoms with Crippen LogP contribution in [0, 0.1) is 0 Å². The molecule has 84 valence electrons. The second-order valence-corrected chi connectivity index (χ2v) is 4.05. The Hall–Kier alpha value is -2.62. The van der Waals surface area contributed by atoms with Gasteiger partial charge in [0, 0.05) is 35.6 Å². The predicted octanol–water partition coefficient (Wildman–Crippen LogP) is 2.73. The van der Waals surface area contributed by atoms with Gasteiger partial charge in [0.15, 0.2) is 0 Å². The molecule has 4 aromatic rings. The summed E-state index contributed by atoms with van der Waals surface area (Å²) < 4.78 is 0. The lowest BCUT2D eigenvalue weighted by Crippen LogP contribution is -1.91. The maximum atomic E-state index is 4.43. The average molecular weight is 232 g/mol. The van der Waals surface area contributed by atoms with Crippen LogP contribution in [0.15, 0.2) is 49.1 Å². The van der Waals surface area contributed by atoms with E-state index in [0.717, 1.165) is 32.8 Å². The Balaban J connectivity index is 2.46. The zero-order valence-electron chi connectivity index (χ0n) is 9.41. The van der Waals surface area contributed by atoms with Crippen LogP contribution in [0.25, 0.3) is 32.8 Å². The quantitative estimate of drug-likeness (QED) is 0.437. The van der Waals surface area contributed by atoms with E-state index in [1.54, 1.807) is 24.8 Å². The number of aromatic nitrogens is 4. The molecule has 0 spiro atoms. The van der Waals surface area contributed by atoms with Crippen LogP contribution in [0.2, 0.25) is 0 Å². The molecule has 0 bridgehead atoms. The maximum absolute atomic E-state index is 4.43. The van der Waals surface area contributed by atoms with Gasteiger partial charge in [-0.2, -0.15) is 0 Å². The van der Waals surface area contributed by atoms with Crippen LogP contribution in [0.5, 0.6) is 0 Å². The van der Waals surface area contributed by atoms with Crippen LogP contribution in [0.1, 0.15) is 0 Å². The molecule has 2 heterocycles. The molecule has 0 unspecified atom stereocenters. The van der Waals surface area contributed by atoms with Crippen molar-refractivity contribution in [3.63, 3.8) is 0 Å². The summed E-state index contributed by atoms with van der Waals surface area (Å²) in [7, 11) is 0. The van der Waals surface area contributed by atoms with Crippen molar-refractivity contribution in [3.05, 3.63) is 49.1 Å². The van der Waals surface area contributed by atoms with Crippen LogP contribution < -0.4 is 0 Å². The largest absolute Gasteiger partial charge is 0.252 e. The van der Waals surface area contributed by atoms with E-state index in [1.807, 2.05) is 24.3 Å². The molecular formula is C14H8N4. The van der Waals surface area contributed by atoms with Crippen LogP contribution in [0.4, 0.5) is 0 Å². The van der Waals surface area contributed by atoms with Gasteiger partial charge in [0.1, 0.15) is 11.0 Å². The van der Waals surface area contributed by atoms with Crippen molar-refractivity contribution >= 4 is 32.8 Å². The Morgan fingerprint density at radius 2 is 0.889 bits per heavy atom. The smallest absolute Gasteiger partial charge is 0.117 e. The van der Waals surface area contributed by atoms with Crippen molar-refractivity contribution < 1.29 is 0 Å². The summed E-state index contributed by atoms with van der Waals surface area (Å²) >= 11 is 0. The Kier molecular flexibility index (Phi) is 1.80. The van der Waals surface area contributed by atoms with Gasteiger partial charge < -0.3 is 0 Å². The van der Waals surface area contributed by atoms with Crippen molar-refractivity contribution in [2.75, 3.05) is 0 Å². The summed E-state index contributed by atoms with van der Waals surface area (Å²) in [6, 6.07) is 8.08. The molecule has 0 atom stereocenters. The number of hydrogen-bond acceptors (Lipinski definition) is 4. The van der Waals surface area contributed by atoms with E-state index in [2.05, 4.69) is 19.9 Å². The van der Waals surface area contributed by atoms with Gasteiger partial charge in [-0.25, -0.2) is 0 Å². The third-order valence-electron chi connectivity index (χ3n) is 3.06. The predicted molar refractivity (Wildman–Crippen MR) is 70.1 cm³/mol. The summed E-state index contributed by atoms with van der Waals surface area (Å²) in [5.41, 5.74) is 3.36. The molecule has 0 saturated carbocycles. The van der Waals surface area contributed by atoms with Crippen molar-refractivity contribution in [1.82, 2.24) is 19.9 Å². The lowest BCUT2D eigenvalue weighted by molar-refractivity contribution is 1.27. The van der Waals surface area contributed by atoms with Gasteiger partial charge >= 0.3 is 0 Å². The van der Waals surface area contributed by atoms with Gasteiger partial charge in [-0.3, -0.25) is 19.9 Å². The van der Waals surface area contributed by atoms with Crippen LogP contribution >= 0.6 is 0 Å². The monoisotopic (exact) mass is 232 g/mol. The summed E-state index contributed by atoms with van der Waals surface area (Å²) in [5, 5.41) is 2.13. The van der Waals surface area contributed by atoms with Crippen molar-refractivity contribution in [1.29, 1.82) is 0 Å². The van der Waals surface area contributed by atoms with Crippen molar-refractivity contribution in [2.24, 2.45) is 0 Å². The zero-order chi connectivity index (χ0) is 11.9. The Morgan fingerprint density at radius 3 is 1.33 bits per heavy atom. The van der Waals surface area contributed by atoms with E-state index in [-0.39, 0.29) is 0 Å². The van der Waals surface area contributed by atoms with E-state index in [1.165, 1.54) is 0 Å². The lowest BCUT2D eigenvalue weighted by Gasteiger charge is -2.06. The highest BCUT2D eigenvalue weighted by molar-refractivity contribution is 6.20. The molecular weight excluding hydrogens is 224 g/mol. The van der Waals surface area contributed by atoms with Gasteiger partial charge in [0.25, 0.3) is 0 Å². The van der Waals surface area contributed by atoms with E-state index >= 15 is 0 Å². The lowest BCUT2D eigenvalue weighted by atomic mass is 10.1. The van der Waals surface area contributed by atoms with Crippen molar-refractivity contribution in [2.45, 2.75) is 0 Å². The fraction of sp³-hybridized carbons (Fsp3) is 0. The number of nitrogens with zero attached hydrogens (tertiary/aromatic N) is 4. The highest BCUT2D eigenvalue weighted by Crippen LogP contribution is 2.29. The first-order valence-corrected chi connectivity index (χ1v) is 5.67. The number of fused-ring (bicyclic) bond motifs is 6. The van der Waals surface area contributed by atoms with E-state index in [9.17, 15) is 0 Å². The molecule has 0 aliphatic carbocycles. The Morgan fingerprint density at radius 1 is 0.500 bits per heavy atom. The molecule has 0 amide bonds. The van der Waals surface area contributed by atoms with Gasteiger partial charge in [-0.1, -0.05) is 24.3 Å². The van der Waals surface area contributed by atoms with Crippen LogP contribution in [-0.4, -0.2) is 19.9 Å². The molecule has 0 saturated heterocycles. The third-order valence-corrected chi connectivity index (χ3v) is 3.06. The third kappa shape index (κ3) is 1.14. The summed E-state index contributed by atoms with van der Waals surface area (Å²) in [5.74, 6) is 0. The number of hydrogen-bond donors (Lipinski definition) is 0. The number of rotatable bonds is 0. The van der Waals surface area contributed by atoms with Gasteiger partial charge in [-0.05, 0) is 0 Å². The highest BCUT2D eigenvalue weighted by atomic mass is 14.8. The molecule has 0 aliphatic rings. The van der Waals surface area contributed by atoms with E-state index in [0.29, 0.717) is 0 Å². The first kappa shape index (κ1) is 9.41. The normalized spacial score (nSPS) is 11.3. The molecule has 0 radical (unpaired) electrons. The summed E-state index contributed by atoms with van der Waals surface area (Å²) in [6.07, 6.45) is 6.78. The first-order chi connectivity index (χ1) is 8.95.